The molecule has 0 radical (unpaired) electrons. The highest BCUT2D eigenvalue weighted by atomic mass is 32.1. The number of thiazole rings is 1. The summed E-state index contributed by atoms with van der Waals surface area (Å²) in [5.74, 6) is -2.68. The normalized spacial score (nSPS) is 11.7. The summed E-state index contributed by atoms with van der Waals surface area (Å²) in [4.78, 5) is 27.8. The van der Waals surface area contributed by atoms with Gasteiger partial charge in [0.2, 0.25) is 0 Å². The number of rotatable bonds is 8. The molecule has 0 bridgehead atoms. The van der Waals surface area contributed by atoms with E-state index in [4.69, 9.17) is 5.11 Å². The molecule has 0 aliphatic heterocycles. The Kier molecular flexibility index (Phi) is 7.21. The van der Waals surface area contributed by atoms with Crippen LogP contribution in [-0.2, 0) is 30.4 Å². The molecule has 2 aromatic heterocycles. The van der Waals surface area contributed by atoms with Crippen LogP contribution < -0.4 is 5.32 Å². The fraction of sp³-hybridized carbons (Fsp3) is 0.318. The number of halogens is 4. The van der Waals surface area contributed by atoms with E-state index in [0.717, 1.165) is 29.0 Å². The van der Waals surface area contributed by atoms with E-state index in [1.54, 1.807) is 12.3 Å². The largest absolute Gasteiger partial charge is 0.481 e. The van der Waals surface area contributed by atoms with Gasteiger partial charge in [-0.1, -0.05) is 19.9 Å². The van der Waals surface area contributed by atoms with Crippen LogP contribution in [0.25, 0.3) is 0 Å². The molecule has 33 heavy (non-hydrogen) atoms. The molecule has 0 unspecified atom stereocenters. The van der Waals surface area contributed by atoms with Gasteiger partial charge in [-0.15, -0.1) is 11.3 Å². The summed E-state index contributed by atoms with van der Waals surface area (Å²) in [5, 5.41) is 13.2. The van der Waals surface area contributed by atoms with Crippen molar-refractivity contribution in [2.24, 2.45) is 5.92 Å². The lowest BCUT2D eigenvalue weighted by Gasteiger charge is -2.12. The highest BCUT2D eigenvalue weighted by Gasteiger charge is 2.34. The van der Waals surface area contributed by atoms with E-state index in [9.17, 15) is 27.2 Å². The molecule has 0 saturated heterocycles. The number of benzene rings is 1. The third kappa shape index (κ3) is 6.41. The molecular weight excluding hydrogens is 462 g/mol. The molecule has 0 aliphatic carbocycles. The number of carboxylic acids is 1. The van der Waals surface area contributed by atoms with Crippen LogP contribution >= 0.6 is 11.3 Å². The van der Waals surface area contributed by atoms with Crippen molar-refractivity contribution in [3.05, 3.63) is 69.7 Å². The van der Waals surface area contributed by atoms with Gasteiger partial charge in [-0.05, 0) is 41.7 Å². The number of carbonyl (C=O) groups excluding carboxylic acids is 1. The lowest BCUT2D eigenvalue weighted by molar-refractivity contribution is -0.140. The van der Waals surface area contributed by atoms with Crippen molar-refractivity contribution >= 4 is 28.3 Å². The van der Waals surface area contributed by atoms with Gasteiger partial charge in [0, 0.05) is 18.1 Å². The van der Waals surface area contributed by atoms with E-state index in [1.807, 2.05) is 13.8 Å². The quantitative estimate of drug-likeness (QED) is 0.430. The van der Waals surface area contributed by atoms with Crippen molar-refractivity contribution in [3.63, 3.8) is 0 Å². The first kappa shape index (κ1) is 24.4. The number of amides is 1. The van der Waals surface area contributed by atoms with Gasteiger partial charge in [-0.25, -0.2) is 9.37 Å². The molecular formula is C22H21F4N3O3S. The molecule has 1 amide bonds. The van der Waals surface area contributed by atoms with Crippen LogP contribution in [0.5, 0.6) is 0 Å². The van der Waals surface area contributed by atoms with Crippen molar-refractivity contribution in [1.29, 1.82) is 0 Å². The minimum absolute atomic E-state index is 0.0770. The molecule has 3 aromatic rings. The second-order valence-corrected chi connectivity index (χ2v) is 8.80. The summed E-state index contributed by atoms with van der Waals surface area (Å²) in [5.41, 5.74) is 0.124. The van der Waals surface area contributed by atoms with Gasteiger partial charge in [0.25, 0.3) is 5.91 Å². The number of nitrogens with one attached hydrogen (secondary N) is 1. The molecule has 0 fully saturated rings. The molecule has 0 saturated carbocycles. The van der Waals surface area contributed by atoms with Crippen LogP contribution in [-0.4, -0.2) is 26.5 Å². The Labute approximate surface area is 190 Å². The number of carbonyl (C=O) groups is 2. The van der Waals surface area contributed by atoms with E-state index in [0.29, 0.717) is 12.1 Å². The van der Waals surface area contributed by atoms with Gasteiger partial charge in [0.15, 0.2) is 5.13 Å². The third-order valence-corrected chi connectivity index (χ3v) is 5.43. The molecule has 176 valence electrons. The maximum absolute atomic E-state index is 13.6. The van der Waals surface area contributed by atoms with Crippen LogP contribution in [0.15, 0.2) is 35.8 Å². The lowest BCUT2D eigenvalue weighted by Crippen LogP contribution is -2.17. The lowest BCUT2D eigenvalue weighted by atomic mass is 10.1. The van der Waals surface area contributed by atoms with E-state index in [1.165, 1.54) is 16.0 Å². The number of anilines is 1. The Morgan fingerprint density at radius 3 is 2.58 bits per heavy atom. The van der Waals surface area contributed by atoms with E-state index < -0.39 is 29.4 Å². The highest BCUT2D eigenvalue weighted by Crippen LogP contribution is 2.32. The zero-order valence-corrected chi connectivity index (χ0v) is 18.6. The Bertz CT molecular complexity index is 1170. The summed E-state index contributed by atoms with van der Waals surface area (Å²) < 4.78 is 54.4. The van der Waals surface area contributed by atoms with Gasteiger partial charge in [-0.3, -0.25) is 14.9 Å². The number of hydrogen-bond donors (Lipinski definition) is 2. The Morgan fingerprint density at radius 1 is 1.21 bits per heavy atom. The Morgan fingerprint density at radius 2 is 1.94 bits per heavy atom. The monoisotopic (exact) mass is 483 g/mol. The Hall–Kier alpha value is -3.21. The SMILES string of the molecule is CC(C)Cc1cc(C(=O)Nc2nc(CC(=O)O)cs2)n(Cc2ccc(F)c(C(F)(F)F)c2)c1. The van der Waals surface area contributed by atoms with E-state index in [-0.39, 0.29) is 35.3 Å². The maximum atomic E-state index is 13.6. The molecule has 3 rings (SSSR count). The van der Waals surface area contributed by atoms with Crippen molar-refractivity contribution in [2.45, 2.75) is 39.4 Å². The van der Waals surface area contributed by atoms with Gasteiger partial charge in [0.1, 0.15) is 11.5 Å². The zero-order valence-electron chi connectivity index (χ0n) is 17.7. The van der Waals surface area contributed by atoms with Gasteiger partial charge in [-0.2, -0.15) is 13.2 Å². The maximum Gasteiger partial charge on any atom is 0.419 e. The molecule has 6 nitrogen and oxygen atoms in total. The van der Waals surface area contributed by atoms with Crippen molar-refractivity contribution in [3.8, 4) is 0 Å². The molecule has 11 heteroatoms. The summed E-state index contributed by atoms with van der Waals surface area (Å²) >= 11 is 1.07. The first-order valence-corrected chi connectivity index (χ1v) is 10.8. The summed E-state index contributed by atoms with van der Waals surface area (Å²) in [7, 11) is 0. The zero-order chi connectivity index (χ0) is 24.3. The van der Waals surface area contributed by atoms with Gasteiger partial charge in [0.05, 0.1) is 17.7 Å². The fourth-order valence-electron chi connectivity index (χ4n) is 3.32. The van der Waals surface area contributed by atoms with Crippen LogP contribution in [0.1, 0.15) is 46.7 Å². The topological polar surface area (TPSA) is 84.2 Å². The average Bonchev–Trinajstić information content (AvgIpc) is 3.28. The average molecular weight is 483 g/mol. The van der Waals surface area contributed by atoms with Crippen molar-refractivity contribution < 1.29 is 32.3 Å². The number of nitrogens with zero attached hydrogens (tertiary/aromatic N) is 2. The van der Waals surface area contributed by atoms with Crippen molar-refractivity contribution in [1.82, 2.24) is 9.55 Å². The molecule has 0 atom stereocenters. The molecule has 2 heterocycles. The second-order valence-electron chi connectivity index (χ2n) is 7.94. The minimum atomic E-state index is -4.84. The predicted octanol–water partition coefficient (Wildman–Crippen LogP) is 5.23. The number of alkyl halides is 3. The molecule has 0 spiro atoms. The number of hydrogen-bond acceptors (Lipinski definition) is 4. The van der Waals surface area contributed by atoms with Gasteiger partial charge < -0.3 is 9.67 Å². The van der Waals surface area contributed by atoms with Crippen LogP contribution in [0.3, 0.4) is 0 Å². The summed E-state index contributed by atoms with van der Waals surface area (Å²) in [6, 6.07) is 4.39. The molecule has 1 aromatic carbocycles. The first-order valence-electron chi connectivity index (χ1n) is 9.94. The highest BCUT2D eigenvalue weighted by molar-refractivity contribution is 7.14. The first-order chi connectivity index (χ1) is 15.4. The van der Waals surface area contributed by atoms with Crippen molar-refractivity contribution in [2.75, 3.05) is 5.32 Å². The predicted molar refractivity (Wildman–Crippen MR) is 115 cm³/mol. The Balaban J connectivity index is 1.89. The van der Waals surface area contributed by atoms with Crippen LogP contribution in [0.4, 0.5) is 22.7 Å². The van der Waals surface area contributed by atoms with Gasteiger partial charge >= 0.3 is 12.1 Å². The smallest absolute Gasteiger partial charge is 0.419 e. The third-order valence-electron chi connectivity index (χ3n) is 4.62. The number of aliphatic carboxylic acids is 1. The second kappa shape index (κ2) is 9.74. The van der Waals surface area contributed by atoms with Crippen LogP contribution in [0.2, 0.25) is 0 Å². The fourth-order valence-corrected chi connectivity index (χ4v) is 4.03. The standard InChI is InChI=1S/C22H21F4N3O3S/c1-12(2)5-14-7-18(20(32)28-21-27-15(11-33-21)8-19(30)31)29(10-14)9-13-3-4-17(23)16(6-13)22(24,25)26/h3-4,6-7,10-12H,5,8-9H2,1-2H3,(H,30,31)(H,27,28,32). The summed E-state index contributed by atoms with van der Waals surface area (Å²) in [6.45, 7) is 3.91. The van der Waals surface area contributed by atoms with E-state index in [2.05, 4.69) is 10.3 Å². The molecule has 0 aliphatic rings. The van der Waals surface area contributed by atoms with E-state index >= 15 is 0 Å². The van der Waals surface area contributed by atoms with Crippen LogP contribution in [0, 0.1) is 11.7 Å². The summed E-state index contributed by atoms with van der Waals surface area (Å²) in [6.07, 6.45) is -2.79. The number of carboxylic acid groups (broad SMARTS) is 1. The number of aromatic nitrogens is 2. The minimum Gasteiger partial charge on any atom is -0.481 e. The molecule has 2 N–H and O–H groups in total.